The topological polar surface area (TPSA) is 228 Å². The second-order valence-corrected chi connectivity index (χ2v) is 27.5. The summed E-state index contributed by atoms with van der Waals surface area (Å²) in [6, 6.07) is -0.930. The number of unbranched alkanes of at least 4 members (excludes halogenated alkanes) is 38. The van der Waals surface area contributed by atoms with Gasteiger partial charge in [-0.3, -0.25) is 4.79 Å². The van der Waals surface area contributed by atoms with E-state index in [9.17, 15) is 45.6 Å². The molecule has 0 radical (unpaired) electrons. The molecule has 0 aromatic heterocycles. The molecule has 0 aromatic carbocycles. The highest BCUT2D eigenvalue weighted by atomic mass is 16.7. The van der Waals surface area contributed by atoms with Crippen molar-refractivity contribution in [1.29, 1.82) is 0 Å². The van der Waals surface area contributed by atoms with Crippen LogP contribution in [-0.4, -0.2) is 140 Å². The van der Waals surface area contributed by atoms with E-state index in [0.29, 0.717) is 6.42 Å². The van der Waals surface area contributed by atoms with Crippen molar-refractivity contribution in [3.63, 3.8) is 0 Å². The average Bonchev–Trinajstić information content (AvgIpc) is 0.854. The van der Waals surface area contributed by atoms with Crippen molar-refractivity contribution in [2.45, 2.75) is 396 Å². The Hall–Kier alpha value is -3.09. The van der Waals surface area contributed by atoms with Crippen molar-refractivity contribution < 1.29 is 64.6 Å². The fraction of sp³-hybridized carbons (Fsp3) is 0.793. The molecule has 2 rings (SSSR count). The molecular weight excluding hydrogens is 1210 g/mol. The molecule has 14 nitrogen and oxygen atoms in total. The van der Waals surface area contributed by atoms with Crippen LogP contribution in [0.5, 0.6) is 0 Å². The summed E-state index contributed by atoms with van der Waals surface area (Å²) in [5.74, 6) is -0.251. The Morgan fingerprint density at radius 2 is 0.719 bits per heavy atom. The first-order valence-corrected chi connectivity index (χ1v) is 39.5. The van der Waals surface area contributed by atoms with E-state index in [1.54, 1.807) is 6.08 Å². The maximum atomic E-state index is 13.4. The molecule has 1 amide bonds. The Bertz CT molecular complexity index is 1980. The lowest BCUT2D eigenvalue weighted by Crippen LogP contribution is -2.65. The van der Waals surface area contributed by atoms with Crippen LogP contribution in [0.25, 0.3) is 0 Å². The van der Waals surface area contributed by atoms with Gasteiger partial charge >= 0.3 is 0 Å². The number of rotatable bonds is 65. The summed E-state index contributed by atoms with van der Waals surface area (Å²) in [6.07, 6.45) is 76.2. The summed E-state index contributed by atoms with van der Waals surface area (Å²) < 4.78 is 22.9. The summed E-state index contributed by atoms with van der Waals surface area (Å²) in [4.78, 5) is 13.4. The Morgan fingerprint density at radius 3 is 1.10 bits per heavy atom. The minimum atomic E-state index is -1.80. The first kappa shape index (κ1) is 89.0. The van der Waals surface area contributed by atoms with Gasteiger partial charge in [-0.25, -0.2) is 0 Å². The van der Waals surface area contributed by atoms with Crippen molar-refractivity contribution in [1.82, 2.24) is 5.32 Å². The van der Waals surface area contributed by atoms with Crippen molar-refractivity contribution >= 4 is 5.91 Å². The third kappa shape index (κ3) is 47.9. The number of hydrogen-bond donors (Lipinski definition) is 9. The molecule has 12 atom stereocenters. The van der Waals surface area contributed by atoms with E-state index in [-0.39, 0.29) is 18.9 Å². The van der Waals surface area contributed by atoms with Crippen LogP contribution in [0.4, 0.5) is 0 Å². The highest BCUT2D eigenvalue weighted by molar-refractivity contribution is 5.76. The molecule has 0 aliphatic carbocycles. The predicted molar refractivity (Wildman–Crippen MR) is 396 cm³/mol. The summed E-state index contributed by atoms with van der Waals surface area (Å²) >= 11 is 0. The lowest BCUT2D eigenvalue weighted by atomic mass is 9.97. The van der Waals surface area contributed by atoms with E-state index in [0.717, 1.165) is 103 Å². The smallest absolute Gasteiger partial charge is 0.220 e. The number of aliphatic hydroxyl groups excluding tert-OH is 8. The first-order chi connectivity index (χ1) is 47.1. The van der Waals surface area contributed by atoms with Gasteiger partial charge in [0.25, 0.3) is 0 Å². The van der Waals surface area contributed by atoms with Crippen LogP contribution in [0.3, 0.4) is 0 Å². The minimum Gasteiger partial charge on any atom is -0.394 e. The monoisotopic (exact) mass is 1350 g/mol. The van der Waals surface area contributed by atoms with Crippen molar-refractivity contribution in [2.75, 3.05) is 19.8 Å². The molecular formula is C82H145NO13. The maximum absolute atomic E-state index is 13.4. The molecule has 2 aliphatic rings. The molecule has 96 heavy (non-hydrogen) atoms. The van der Waals surface area contributed by atoms with Gasteiger partial charge in [-0.05, 0) is 77.0 Å². The fourth-order valence-electron chi connectivity index (χ4n) is 12.6. The fourth-order valence-corrected chi connectivity index (χ4v) is 12.6. The summed E-state index contributed by atoms with van der Waals surface area (Å²) in [5, 5.41) is 87.7. The summed E-state index contributed by atoms with van der Waals surface area (Å²) in [7, 11) is 0. The Kier molecular flexibility index (Phi) is 60.5. The standard InChI is InChI=1S/C82H145NO13/c1-3-5-7-9-11-13-15-17-19-21-23-25-27-29-31-33-34-35-36-38-39-41-43-45-47-49-51-53-55-57-59-61-63-65-71(86)70(69-93-81-79(92)77(90)80(73(68-85)95-81)96-82-78(91)76(89)75(88)72(67-84)94-82)83-74(87)66-64-62-60-58-56-54-52-50-48-46-44-42-40-37-32-30-28-26-24-22-20-18-16-14-12-10-8-6-4-2/h6,8,12,14,18,20,24,26,30,32,40,42,46,48,63,65,70-73,75-82,84-86,88-92H,3-5,7,9-11,13,15-17,19,21-23,25,27-29,31,33-39,41,43-45,47,49-62,64,66-69H2,1-2H3,(H,83,87)/b8-6-,14-12-,20-18-,26-24-,32-30-,42-40-,48-46-,65-63+. The van der Waals surface area contributed by atoms with Gasteiger partial charge < -0.3 is 65.1 Å². The van der Waals surface area contributed by atoms with Crippen molar-refractivity contribution in [3.8, 4) is 0 Å². The van der Waals surface area contributed by atoms with E-state index >= 15 is 0 Å². The number of aliphatic hydroxyl groups is 8. The van der Waals surface area contributed by atoms with Crippen LogP contribution in [0.15, 0.2) is 97.2 Å². The third-order valence-corrected chi connectivity index (χ3v) is 18.8. The molecule has 2 aliphatic heterocycles. The minimum absolute atomic E-state index is 0.251. The average molecular weight is 1350 g/mol. The SMILES string of the molecule is CC/C=C\C/C=C\C/C=C\C/C=C\C/C=C\C/C=C\C/C=C\CCCCCCCCCC(=O)NC(COC1OC(CO)C(OC2OC(CO)C(O)C(O)C2O)C(O)C1O)C(O)/C=C/CCCCCCCCCCCCCCCCCCCCCCCCCCCCCCCCC. The molecule has 9 N–H and O–H groups in total. The van der Waals surface area contributed by atoms with Crippen LogP contribution < -0.4 is 5.32 Å². The Labute approximate surface area is 585 Å². The van der Waals surface area contributed by atoms with E-state index < -0.39 is 86.8 Å². The van der Waals surface area contributed by atoms with Crippen molar-refractivity contribution in [3.05, 3.63) is 97.2 Å². The van der Waals surface area contributed by atoms with Gasteiger partial charge in [0, 0.05) is 6.42 Å². The molecule has 2 saturated heterocycles. The van der Waals surface area contributed by atoms with Crippen LogP contribution in [0.1, 0.15) is 322 Å². The van der Waals surface area contributed by atoms with Gasteiger partial charge in [-0.15, -0.1) is 0 Å². The molecule has 0 spiro atoms. The molecule has 556 valence electrons. The van der Waals surface area contributed by atoms with E-state index in [2.05, 4.69) is 104 Å². The molecule has 12 unspecified atom stereocenters. The van der Waals surface area contributed by atoms with Crippen LogP contribution in [0.2, 0.25) is 0 Å². The number of ether oxygens (including phenoxy) is 4. The number of carbonyl (C=O) groups is 1. The maximum Gasteiger partial charge on any atom is 0.220 e. The van der Waals surface area contributed by atoms with Crippen molar-refractivity contribution in [2.24, 2.45) is 0 Å². The molecule has 2 heterocycles. The molecule has 0 saturated carbocycles. The highest BCUT2D eigenvalue weighted by Gasteiger charge is 2.51. The van der Waals surface area contributed by atoms with Gasteiger partial charge in [-0.1, -0.05) is 336 Å². The van der Waals surface area contributed by atoms with Crippen LogP contribution in [-0.2, 0) is 23.7 Å². The van der Waals surface area contributed by atoms with Gasteiger partial charge in [0.15, 0.2) is 12.6 Å². The summed E-state index contributed by atoms with van der Waals surface area (Å²) in [5.41, 5.74) is 0. The van der Waals surface area contributed by atoms with Crippen LogP contribution in [0, 0.1) is 0 Å². The highest BCUT2D eigenvalue weighted by Crippen LogP contribution is 2.30. The number of nitrogens with one attached hydrogen (secondary N) is 1. The second-order valence-electron chi connectivity index (χ2n) is 27.5. The molecule has 2 fully saturated rings. The number of carbonyl (C=O) groups excluding carboxylic acids is 1. The van der Waals surface area contributed by atoms with E-state index in [4.69, 9.17) is 18.9 Å². The molecule has 0 aromatic rings. The number of amides is 1. The van der Waals surface area contributed by atoms with Gasteiger partial charge in [0.2, 0.25) is 5.91 Å². The van der Waals surface area contributed by atoms with E-state index in [1.807, 2.05) is 6.08 Å². The Balaban J connectivity index is 1.65. The lowest BCUT2D eigenvalue weighted by Gasteiger charge is -2.46. The van der Waals surface area contributed by atoms with Gasteiger partial charge in [0.1, 0.15) is 48.8 Å². The van der Waals surface area contributed by atoms with Crippen LogP contribution >= 0.6 is 0 Å². The zero-order valence-corrected chi connectivity index (χ0v) is 60.8. The largest absolute Gasteiger partial charge is 0.394 e. The van der Waals surface area contributed by atoms with E-state index in [1.165, 1.54) is 193 Å². The number of hydrogen-bond acceptors (Lipinski definition) is 13. The Morgan fingerprint density at radius 1 is 0.385 bits per heavy atom. The van der Waals surface area contributed by atoms with Gasteiger partial charge in [-0.2, -0.15) is 0 Å². The molecule has 0 bridgehead atoms. The van der Waals surface area contributed by atoms with Gasteiger partial charge in [0.05, 0.1) is 32.0 Å². The number of allylic oxidation sites excluding steroid dienone is 15. The third-order valence-electron chi connectivity index (χ3n) is 18.8. The lowest BCUT2D eigenvalue weighted by molar-refractivity contribution is -0.359. The zero-order valence-electron chi connectivity index (χ0n) is 60.8. The normalized spacial score (nSPS) is 22.8. The zero-order chi connectivity index (χ0) is 69.4. The quantitative estimate of drug-likeness (QED) is 0.0204. The molecule has 14 heteroatoms. The predicted octanol–water partition coefficient (Wildman–Crippen LogP) is 17.7. The first-order valence-electron chi connectivity index (χ1n) is 39.5. The summed E-state index contributed by atoms with van der Waals surface area (Å²) in [6.45, 7) is 2.71. The second kappa shape index (κ2) is 65.2.